The maximum atomic E-state index is 12.1. The second-order valence-electron chi connectivity index (χ2n) is 4.72. The van der Waals surface area contributed by atoms with E-state index in [-0.39, 0.29) is 44.7 Å². The summed E-state index contributed by atoms with van der Waals surface area (Å²) in [6, 6.07) is 5.69. The van der Waals surface area contributed by atoms with Gasteiger partial charge in [0.1, 0.15) is 0 Å². The predicted molar refractivity (Wildman–Crippen MR) is 69.1 cm³/mol. The average Bonchev–Trinajstić information content (AvgIpc) is 2.66. The van der Waals surface area contributed by atoms with Gasteiger partial charge in [0.25, 0.3) is 0 Å². The van der Waals surface area contributed by atoms with Crippen LogP contribution in [0.3, 0.4) is 0 Å². The Morgan fingerprint density at radius 1 is 1.32 bits per heavy atom. The van der Waals surface area contributed by atoms with Gasteiger partial charge in [-0.1, -0.05) is 24.6 Å². The van der Waals surface area contributed by atoms with Gasteiger partial charge >= 0.3 is 0 Å². The van der Waals surface area contributed by atoms with Crippen molar-refractivity contribution in [2.24, 2.45) is 0 Å². The Balaban J connectivity index is 0.00000133. The van der Waals surface area contributed by atoms with Gasteiger partial charge in [-0.05, 0) is 26.0 Å². The van der Waals surface area contributed by atoms with E-state index in [1.807, 2.05) is 43.5 Å². The van der Waals surface area contributed by atoms with Crippen LogP contribution >= 0.6 is 0 Å². The van der Waals surface area contributed by atoms with Crippen molar-refractivity contribution in [2.75, 3.05) is 0 Å². The summed E-state index contributed by atoms with van der Waals surface area (Å²) in [6.45, 7) is 5.85. The summed E-state index contributed by atoms with van der Waals surface area (Å²) in [6.07, 6.45) is 1.77. The molecule has 1 unspecified atom stereocenters. The fraction of sp³-hybridized carbons (Fsp3) is 0.286. The molecular weight excluding hydrogens is 315 g/mol. The number of aromatic nitrogens is 2. The van der Waals surface area contributed by atoms with Crippen molar-refractivity contribution >= 4 is 5.91 Å². The Hall–Kier alpha value is -0.996. The number of aryl methyl sites for hydroxylation is 2. The van der Waals surface area contributed by atoms with Crippen molar-refractivity contribution in [3.8, 4) is 5.69 Å². The maximum Gasteiger partial charge on any atom is 0.0997 e. The molecule has 5 heteroatoms. The maximum absolute atomic E-state index is 12.1. The molecule has 1 aliphatic heterocycles. The molecule has 1 aromatic heterocycles. The molecule has 1 atom stereocenters. The first kappa shape index (κ1) is 14.4. The van der Waals surface area contributed by atoms with Crippen LogP contribution in [0.5, 0.6) is 0 Å². The Morgan fingerprint density at radius 2 is 2.05 bits per heavy atom. The zero-order valence-electron chi connectivity index (χ0n) is 11.2. The van der Waals surface area contributed by atoms with E-state index in [2.05, 4.69) is 10.3 Å². The normalized spacial score (nSPS) is 16.8. The zero-order chi connectivity index (χ0) is 12.9. The average molecular weight is 329 g/mol. The number of imidazole rings is 1. The molecule has 0 saturated carbocycles. The number of rotatable bonds is 0. The minimum Gasteiger partial charge on any atom is -0.642 e. The summed E-state index contributed by atoms with van der Waals surface area (Å²) in [5, 5.41) is 4.23. The van der Waals surface area contributed by atoms with Crippen molar-refractivity contribution in [1.82, 2.24) is 9.55 Å². The fourth-order valence-electron chi connectivity index (χ4n) is 2.48. The fourth-order valence-corrected chi connectivity index (χ4v) is 2.48. The van der Waals surface area contributed by atoms with Gasteiger partial charge in [-0.2, -0.15) is 0 Å². The van der Waals surface area contributed by atoms with Gasteiger partial charge in [-0.25, -0.2) is 4.98 Å². The molecule has 1 amide bonds. The van der Waals surface area contributed by atoms with Gasteiger partial charge in [0.2, 0.25) is 0 Å². The molecule has 0 fully saturated rings. The van der Waals surface area contributed by atoms with Gasteiger partial charge in [-0.3, -0.25) is 0 Å². The molecular formula is C14H14N3OY-. The van der Waals surface area contributed by atoms with Crippen LogP contribution in [0.15, 0.2) is 24.5 Å². The molecule has 0 bridgehead atoms. The second kappa shape index (κ2) is 5.18. The predicted octanol–water partition coefficient (Wildman–Crippen LogP) is 3.08. The molecule has 2 heterocycles. The Labute approximate surface area is 137 Å². The molecule has 0 spiro atoms. The number of nitrogens with zero attached hydrogens (tertiary/aromatic N) is 3. The standard InChI is InChI=1S/C14H15N3O.Y/c1-8-4-5-12-11(6-8)14(18)16-10(3)13-9(2)15-7-17(12)13;/h4-7,10H,1-3H3,(H,16,18);/p-1. The summed E-state index contributed by atoms with van der Waals surface area (Å²) < 4.78 is 1.98. The van der Waals surface area contributed by atoms with Crippen LogP contribution in [-0.2, 0) is 32.7 Å². The van der Waals surface area contributed by atoms with Crippen LogP contribution in [-0.4, -0.2) is 15.5 Å². The number of amides is 1. The zero-order valence-corrected chi connectivity index (χ0v) is 14.1. The third kappa shape index (κ3) is 2.28. The van der Waals surface area contributed by atoms with E-state index < -0.39 is 0 Å². The summed E-state index contributed by atoms with van der Waals surface area (Å²) in [4.78, 5) is 16.5. The van der Waals surface area contributed by atoms with E-state index in [1.54, 1.807) is 6.33 Å². The molecule has 3 rings (SSSR count). The topological polar surface area (TPSA) is 49.0 Å². The molecule has 1 aliphatic rings. The summed E-state index contributed by atoms with van der Waals surface area (Å²) >= 11 is 0. The van der Waals surface area contributed by atoms with E-state index in [1.165, 1.54) is 0 Å². The smallest absolute Gasteiger partial charge is 0.0997 e. The summed E-state index contributed by atoms with van der Waals surface area (Å²) in [5.74, 6) is -0.149. The van der Waals surface area contributed by atoms with Crippen molar-refractivity contribution in [1.29, 1.82) is 0 Å². The quantitative estimate of drug-likeness (QED) is 0.746. The monoisotopic (exact) mass is 329 g/mol. The first-order valence-corrected chi connectivity index (χ1v) is 5.98. The van der Waals surface area contributed by atoms with Crippen LogP contribution in [0.2, 0.25) is 0 Å². The third-order valence-electron chi connectivity index (χ3n) is 3.35. The van der Waals surface area contributed by atoms with Crippen molar-refractivity contribution in [3.63, 3.8) is 0 Å². The minimum atomic E-state index is -0.160. The molecule has 0 N–H and O–H groups in total. The van der Waals surface area contributed by atoms with E-state index in [0.717, 1.165) is 22.6 Å². The number of carbonyl (C=O) groups excluding carboxylic acids is 1. The number of hydrogen-bond acceptors (Lipinski definition) is 2. The number of carbonyl (C=O) groups is 1. The van der Waals surface area contributed by atoms with Gasteiger partial charge in [0, 0.05) is 44.0 Å². The SMILES string of the molecule is Cc1ccc2c(c1)C(=O)[N-]C(C)c1c(C)ncn1-2.[Y]. The molecule has 19 heavy (non-hydrogen) atoms. The van der Waals surface area contributed by atoms with Gasteiger partial charge in [0.15, 0.2) is 0 Å². The summed E-state index contributed by atoms with van der Waals surface area (Å²) in [5.41, 5.74) is 4.50. The Kier molecular flexibility index (Phi) is 3.93. The van der Waals surface area contributed by atoms with Crippen LogP contribution < -0.4 is 0 Å². The molecule has 95 valence electrons. The Bertz CT molecular complexity index is 648. The second-order valence-corrected chi connectivity index (χ2v) is 4.72. The first-order valence-electron chi connectivity index (χ1n) is 5.98. The molecule has 0 aliphatic carbocycles. The first-order chi connectivity index (χ1) is 8.58. The molecule has 4 nitrogen and oxygen atoms in total. The molecule has 2 aromatic rings. The molecule has 1 radical (unpaired) electrons. The van der Waals surface area contributed by atoms with Gasteiger partial charge in [-0.15, -0.1) is 0 Å². The molecule has 1 aromatic carbocycles. The van der Waals surface area contributed by atoms with E-state index in [9.17, 15) is 4.79 Å². The number of hydrogen-bond donors (Lipinski definition) is 0. The summed E-state index contributed by atoms with van der Waals surface area (Å²) in [7, 11) is 0. The van der Waals surface area contributed by atoms with Crippen molar-refractivity contribution in [3.05, 3.63) is 52.4 Å². The number of benzene rings is 1. The third-order valence-corrected chi connectivity index (χ3v) is 3.35. The van der Waals surface area contributed by atoms with Crippen LogP contribution in [0.25, 0.3) is 11.0 Å². The van der Waals surface area contributed by atoms with Crippen molar-refractivity contribution in [2.45, 2.75) is 26.8 Å². The van der Waals surface area contributed by atoms with E-state index >= 15 is 0 Å². The van der Waals surface area contributed by atoms with Gasteiger partial charge < -0.3 is 14.7 Å². The van der Waals surface area contributed by atoms with E-state index in [0.29, 0.717) is 5.56 Å². The largest absolute Gasteiger partial charge is 0.642 e. The number of fused-ring (bicyclic) bond motifs is 3. The van der Waals surface area contributed by atoms with Gasteiger partial charge in [0.05, 0.1) is 23.6 Å². The van der Waals surface area contributed by atoms with Crippen LogP contribution in [0, 0.1) is 13.8 Å². The van der Waals surface area contributed by atoms with Crippen LogP contribution in [0.1, 0.15) is 40.3 Å². The minimum absolute atomic E-state index is 0. The molecule has 0 saturated heterocycles. The van der Waals surface area contributed by atoms with Crippen molar-refractivity contribution < 1.29 is 37.5 Å². The van der Waals surface area contributed by atoms with Crippen LogP contribution in [0.4, 0.5) is 0 Å². The Morgan fingerprint density at radius 3 is 2.79 bits per heavy atom. The van der Waals surface area contributed by atoms with E-state index in [4.69, 9.17) is 0 Å².